The third-order valence-corrected chi connectivity index (χ3v) is 10.3. The van der Waals surface area contributed by atoms with E-state index < -0.39 is 0 Å². The van der Waals surface area contributed by atoms with Crippen molar-refractivity contribution in [1.82, 2.24) is 14.4 Å². The van der Waals surface area contributed by atoms with E-state index in [4.69, 9.17) is 9.97 Å². The third-order valence-electron chi connectivity index (χ3n) is 10.3. The summed E-state index contributed by atoms with van der Waals surface area (Å²) in [5.41, 5.74) is 12.4. The number of hydrogen-bond acceptors (Lipinski definition) is 2. The van der Waals surface area contributed by atoms with Gasteiger partial charge in [0, 0.05) is 37.9 Å². The summed E-state index contributed by atoms with van der Waals surface area (Å²) in [4.78, 5) is 10.2. The summed E-state index contributed by atoms with van der Waals surface area (Å²) in [6.45, 7) is 0. The van der Waals surface area contributed by atoms with Crippen molar-refractivity contribution in [3.8, 4) is 33.5 Å². The maximum atomic E-state index is 5.21. The summed E-state index contributed by atoms with van der Waals surface area (Å²) in [6.07, 6.45) is 1.91. The molecule has 0 saturated carbocycles. The van der Waals surface area contributed by atoms with Gasteiger partial charge in [-0.2, -0.15) is 0 Å². The van der Waals surface area contributed by atoms with Gasteiger partial charge in [-0.3, -0.25) is 4.98 Å². The van der Waals surface area contributed by atoms with Crippen molar-refractivity contribution in [2.24, 2.45) is 0 Å². The molecular formula is C46H27N3. The predicted octanol–water partition coefficient (Wildman–Crippen LogP) is 12.1. The van der Waals surface area contributed by atoms with Crippen molar-refractivity contribution in [3.05, 3.63) is 164 Å². The molecule has 226 valence electrons. The minimum Gasteiger partial charge on any atom is -0.308 e. The molecule has 0 fully saturated rings. The van der Waals surface area contributed by atoms with Crippen LogP contribution in [0.5, 0.6) is 0 Å². The van der Waals surface area contributed by atoms with E-state index in [1.807, 2.05) is 6.20 Å². The zero-order valence-electron chi connectivity index (χ0n) is 26.4. The van der Waals surface area contributed by atoms with E-state index in [0.29, 0.717) is 0 Å². The van der Waals surface area contributed by atoms with Crippen LogP contribution in [0.1, 0.15) is 0 Å². The maximum Gasteiger partial charge on any atom is 0.0979 e. The zero-order chi connectivity index (χ0) is 32.1. The van der Waals surface area contributed by atoms with Crippen LogP contribution in [0.2, 0.25) is 0 Å². The van der Waals surface area contributed by atoms with Gasteiger partial charge in [0.1, 0.15) is 0 Å². The summed E-state index contributed by atoms with van der Waals surface area (Å²) in [6, 6.07) is 56.9. The molecule has 0 bridgehead atoms. The van der Waals surface area contributed by atoms with E-state index in [-0.39, 0.29) is 0 Å². The lowest BCUT2D eigenvalue weighted by molar-refractivity contribution is 1.31. The Morgan fingerprint density at radius 2 is 0.878 bits per heavy atom. The minimum atomic E-state index is 0.875. The second-order valence-electron chi connectivity index (χ2n) is 13.0. The number of fused-ring (bicyclic) bond motifs is 12. The molecule has 0 amide bonds. The third kappa shape index (κ3) is 3.78. The van der Waals surface area contributed by atoms with Crippen LogP contribution in [-0.2, 0) is 0 Å². The topological polar surface area (TPSA) is 30.2 Å². The van der Waals surface area contributed by atoms with Crippen LogP contribution in [0.25, 0.3) is 104 Å². The molecule has 0 aliphatic carbocycles. The Kier molecular flexibility index (Phi) is 5.38. The van der Waals surface area contributed by atoms with E-state index in [2.05, 4.69) is 162 Å². The molecule has 0 unspecified atom stereocenters. The van der Waals surface area contributed by atoms with Crippen LogP contribution < -0.4 is 0 Å². The number of para-hydroxylation sites is 1. The Hall–Kier alpha value is -6.58. The van der Waals surface area contributed by atoms with Crippen LogP contribution in [0.4, 0.5) is 0 Å². The first-order valence-corrected chi connectivity index (χ1v) is 16.7. The standard InChI is InChI=1S/C46H27N3/c1-2-10-28(11-3-1)32-25-39-35-14-8-9-17-42(35)49-43-23-22-31(24-38(43)40(26-32)46(39)49)29-18-20-30(21-19-29)41-27-47-44-36-15-6-4-12-33(36)34-13-5-7-16-37(34)45(44)48-41/h1-27H. The lowest BCUT2D eigenvalue weighted by Gasteiger charge is -2.10. The average Bonchev–Trinajstić information content (AvgIpc) is 3.69. The predicted molar refractivity (Wildman–Crippen MR) is 206 cm³/mol. The van der Waals surface area contributed by atoms with Crippen molar-refractivity contribution < 1.29 is 0 Å². The molecule has 3 nitrogen and oxygen atoms in total. The number of nitrogens with zero attached hydrogens (tertiary/aromatic N) is 3. The molecule has 0 aliphatic rings. The number of rotatable bonds is 3. The van der Waals surface area contributed by atoms with E-state index in [0.717, 1.165) is 33.1 Å². The second kappa shape index (κ2) is 9.96. The summed E-state index contributed by atoms with van der Waals surface area (Å²) in [5, 5.41) is 9.82. The van der Waals surface area contributed by atoms with Gasteiger partial charge in [-0.1, -0.05) is 127 Å². The van der Waals surface area contributed by atoms with Gasteiger partial charge in [-0.05, 0) is 63.4 Å². The summed E-state index contributed by atoms with van der Waals surface area (Å²) in [5.74, 6) is 0. The first-order chi connectivity index (χ1) is 24.3. The molecule has 3 aromatic heterocycles. The highest BCUT2D eigenvalue weighted by atomic mass is 14.9. The molecule has 0 aliphatic heterocycles. The van der Waals surface area contributed by atoms with Gasteiger partial charge in [0.25, 0.3) is 0 Å². The van der Waals surface area contributed by atoms with E-state index in [9.17, 15) is 0 Å². The Labute approximate surface area is 281 Å². The quantitative estimate of drug-likeness (QED) is 0.184. The molecule has 49 heavy (non-hydrogen) atoms. The minimum absolute atomic E-state index is 0.875. The van der Waals surface area contributed by atoms with Crippen molar-refractivity contribution in [2.45, 2.75) is 0 Å². The number of hydrogen-bond donors (Lipinski definition) is 0. The maximum absolute atomic E-state index is 5.21. The molecule has 11 aromatic rings. The molecule has 3 heteroatoms. The highest BCUT2D eigenvalue weighted by Crippen LogP contribution is 2.43. The normalized spacial score (nSPS) is 12.1. The highest BCUT2D eigenvalue weighted by molar-refractivity contribution is 6.25. The monoisotopic (exact) mass is 621 g/mol. The van der Waals surface area contributed by atoms with Gasteiger partial charge in [0.2, 0.25) is 0 Å². The molecule has 8 aromatic carbocycles. The van der Waals surface area contributed by atoms with Gasteiger partial charge in [0.05, 0.1) is 39.5 Å². The van der Waals surface area contributed by atoms with E-state index >= 15 is 0 Å². The smallest absolute Gasteiger partial charge is 0.0979 e. The van der Waals surface area contributed by atoms with Crippen LogP contribution in [-0.4, -0.2) is 14.4 Å². The first-order valence-electron chi connectivity index (χ1n) is 16.7. The number of aromatic nitrogens is 3. The molecule has 0 radical (unpaired) electrons. The molecule has 0 N–H and O–H groups in total. The summed E-state index contributed by atoms with van der Waals surface area (Å²) >= 11 is 0. The Morgan fingerprint density at radius 1 is 0.347 bits per heavy atom. The first kappa shape index (κ1) is 26.5. The molecule has 3 heterocycles. The van der Waals surface area contributed by atoms with Crippen molar-refractivity contribution in [2.75, 3.05) is 0 Å². The number of benzene rings is 8. The fourth-order valence-corrected chi connectivity index (χ4v) is 8.07. The van der Waals surface area contributed by atoms with Crippen LogP contribution in [0, 0.1) is 0 Å². The Morgan fingerprint density at radius 3 is 1.63 bits per heavy atom. The van der Waals surface area contributed by atoms with Crippen molar-refractivity contribution in [3.63, 3.8) is 0 Å². The van der Waals surface area contributed by atoms with Gasteiger partial charge < -0.3 is 4.40 Å². The van der Waals surface area contributed by atoms with Gasteiger partial charge in [-0.15, -0.1) is 0 Å². The molecule has 11 rings (SSSR count). The summed E-state index contributed by atoms with van der Waals surface area (Å²) < 4.78 is 2.45. The SMILES string of the molecule is c1ccc(-c2cc3c4ccccc4n4c5ccc(-c6ccc(-c7cnc8c9ccccc9c9ccccc9c8n7)cc6)cc5c(c2)c34)cc1. The molecule has 0 atom stereocenters. The lowest BCUT2D eigenvalue weighted by Crippen LogP contribution is -1.92. The van der Waals surface area contributed by atoms with Gasteiger partial charge >= 0.3 is 0 Å². The molecular weight excluding hydrogens is 595 g/mol. The Bertz CT molecular complexity index is 3050. The second-order valence-corrected chi connectivity index (χ2v) is 13.0. The fourth-order valence-electron chi connectivity index (χ4n) is 8.07. The van der Waals surface area contributed by atoms with Crippen molar-refractivity contribution >= 4 is 70.7 Å². The van der Waals surface area contributed by atoms with Crippen molar-refractivity contribution in [1.29, 1.82) is 0 Å². The highest BCUT2D eigenvalue weighted by Gasteiger charge is 2.19. The van der Waals surface area contributed by atoms with Crippen LogP contribution >= 0.6 is 0 Å². The Balaban J connectivity index is 1.06. The van der Waals surface area contributed by atoms with E-state index in [1.54, 1.807) is 0 Å². The summed E-state index contributed by atoms with van der Waals surface area (Å²) in [7, 11) is 0. The lowest BCUT2D eigenvalue weighted by atomic mass is 9.97. The average molecular weight is 622 g/mol. The van der Waals surface area contributed by atoms with Crippen LogP contribution in [0.15, 0.2) is 164 Å². The van der Waals surface area contributed by atoms with E-state index in [1.165, 1.54) is 71.1 Å². The van der Waals surface area contributed by atoms with Gasteiger partial charge in [-0.25, -0.2) is 4.98 Å². The van der Waals surface area contributed by atoms with Crippen LogP contribution in [0.3, 0.4) is 0 Å². The molecule has 0 spiro atoms. The largest absolute Gasteiger partial charge is 0.308 e. The van der Waals surface area contributed by atoms with Gasteiger partial charge in [0.15, 0.2) is 0 Å². The zero-order valence-corrected chi connectivity index (χ0v) is 26.4. The molecule has 0 saturated heterocycles. The fraction of sp³-hybridized carbons (Fsp3) is 0.